The Morgan fingerprint density at radius 2 is 1.13 bits per heavy atom. The van der Waals surface area contributed by atoms with Crippen LogP contribution in [-0.2, 0) is 28.4 Å². The van der Waals surface area contributed by atoms with Gasteiger partial charge in [0.15, 0.2) is 0 Å². The quantitative estimate of drug-likeness (QED) is 0.167. The number of hydrogen-bond donors (Lipinski definition) is 0. The minimum atomic E-state index is 0.0716. The smallest absolute Gasteiger partial charge is 0.119 e. The molecule has 244 valence electrons. The molecule has 0 aromatic heterocycles. The van der Waals surface area contributed by atoms with E-state index in [9.17, 15) is 0 Å². The van der Waals surface area contributed by atoms with Crippen LogP contribution in [0.1, 0.15) is 42.2 Å². The molecule has 8 nitrogen and oxygen atoms in total. The molecule has 4 fully saturated rings. The Balaban J connectivity index is 1.08. The van der Waals surface area contributed by atoms with Crippen LogP contribution < -0.4 is 9.47 Å². The van der Waals surface area contributed by atoms with Crippen molar-refractivity contribution in [3.63, 3.8) is 0 Å². The third-order valence-electron chi connectivity index (χ3n) is 9.60. The van der Waals surface area contributed by atoms with Gasteiger partial charge in [0, 0.05) is 11.8 Å². The second-order valence-electron chi connectivity index (χ2n) is 13.3. The maximum Gasteiger partial charge on any atom is 0.119 e. The first-order valence-electron chi connectivity index (χ1n) is 17.0. The predicted octanol–water partition coefficient (Wildman–Crippen LogP) is 5.53. The van der Waals surface area contributed by atoms with Crippen molar-refractivity contribution in [3.8, 4) is 11.5 Å². The molecule has 0 saturated carbocycles. The van der Waals surface area contributed by atoms with Gasteiger partial charge in [0.2, 0.25) is 0 Å². The highest BCUT2D eigenvalue weighted by Crippen LogP contribution is 2.48. The van der Waals surface area contributed by atoms with Crippen LogP contribution in [0.5, 0.6) is 11.5 Å². The van der Waals surface area contributed by atoms with Gasteiger partial charge in [0.25, 0.3) is 0 Å². The van der Waals surface area contributed by atoms with E-state index in [1.165, 1.54) is 16.7 Å². The Kier molecular flexibility index (Phi) is 9.25. The maximum atomic E-state index is 6.18. The fraction of sp³-hybridized carbons (Fsp3) is 0.526. The fourth-order valence-electron chi connectivity index (χ4n) is 6.57. The monoisotopic (exact) mass is 628 g/mol. The molecule has 0 N–H and O–H groups in total. The van der Waals surface area contributed by atoms with Crippen molar-refractivity contribution in [1.82, 2.24) is 0 Å². The van der Waals surface area contributed by atoms with Crippen LogP contribution in [0.15, 0.2) is 84.5 Å². The van der Waals surface area contributed by atoms with E-state index >= 15 is 0 Å². The van der Waals surface area contributed by atoms with Gasteiger partial charge in [-0.3, -0.25) is 0 Å². The Hall–Kier alpha value is -2.98. The van der Waals surface area contributed by atoms with Crippen molar-refractivity contribution in [2.24, 2.45) is 5.92 Å². The van der Waals surface area contributed by atoms with E-state index in [1.54, 1.807) is 0 Å². The van der Waals surface area contributed by atoms with Gasteiger partial charge in [-0.05, 0) is 66.1 Å². The largest absolute Gasteiger partial charge is 0.491 e. The molecule has 8 rings (SSSR count). The summed E-state index contributed by atoms with van der Waals surface area (Å²) in [6.45, 7) is 5.72. The standard InChI is InChI=1S/C38H44O8/c1-9-29(39-17-33-21-43-33)10-2-25(1)37(26-3-11-30(12-4-26)40-18-34-22-44-34)38(27-5-13-31(14-6-27)41-19-35-23-45-35)28-7-15-32(16-8-28)42-20-36-24-46-36/h1-7,9-11,13-15,28,30,32-38H,8,12,16-24H2. The van der Waals surface area contributed by atoms with Crippen molar-refractivity contribution in [2.75, 3.05) is 52.9 Å². The molecule has 9 unspecified atom stereocenters. The molecule has 8 heteroatoms. The van der Waals surface area contributed by atoms with E-state index in [1.807, 2.05) is 0 Å². The van der Waals surface area contributed by atoms with Gasteiger partial charge in [0.05, 0.1) is 51.8 Å². The van der Waals surface area contributed by atoms with Crippen LogP contribution in [0, 0.1) is 5.92 Å². The summed E-state index contributed by atoms with van der Waals surface area (Å²) in [7, 11) is 0. The van der Waals surface area contributed by atoms with Gasteiger partial charge < -0.3 is 37.9 Å². The topological polar surface area (TPSA) is 87.0 Å². The third-order valence-corrected chi connectivity index (χ3v) is 9.60. The second kappa shape index (κ2) is 14.0. The van der Waals surface area contributed by atoms with E-state index < -0.39 is 0 Å². The fourth-order valence-corrected chi connectivity index (χ4v) is 6.57. The second-order valence-corrected chi connectivity index (χ2v) is 13.3. The van der Waals surface area contributed by atoms with Crippen LogP contribution >= 0.6 is 0 Å². The van der Waals surface area contributed by atoms with Gasteiger partial charge in [-0.15, -0.1) is 0 Å². The highest BCUT2D eigenvalue weighted by atomic mass is 16.6. The first-order valence-corrected chi connectivity index (χ1v) is 17.0. The lowest BCUT2D eigenvalue weighted by Gasteiger charge is -2.37. The van der Waals surface area contributed by atoms with Crippen LogP contribution in [0.25, 0.3) is 0 Å². The molecule has 2 aliphatic carbocycles. The average molecular weight is 629 g/mol. The lowest BCUT2D eigenvalue weighted by Crippen LogP contribution is -2.27. The number of rotatable bonds is 17. The minimum absolute atomic E-state index is 0.0716. The average Bonchev–Trinajstić information content (AvgIpc) is 3.91. The zero-order valence-corrected chi connectivity index (χ0v) is 26.2. The molecule has 2 aromatic rings. The normalized spacial score (nSPS) is 31.9. The van der Waals surface area contributed by atoms with Crippen molar-refractivity contribution in [2.45, 2.75) is 67.7 Å². The number of ether oxygens (including phenoxy) is 8. The van der Waals surface area contributed by atoms with Crippen LogP contribution in [0.3, 0.4) is 0 Å². The van der Waals surface area contributed by atoms with E-state index in [0.29, 0.717) is 32.3 Å². The van der Waals surface area contributed by atoms with Crippen LogP contribution in [0.4, 0.5) is 0 Å². The summed E-state index contributed by atoms with van der Waals surface area (Å²) in [4.78, 5) is 0. The molecular weight excluding hydrogens is 584 g/mol. The molecule has 6 aliphatic rings. The Labute approximate surface area is 271 Å². The minimum Gasteiger partial charge on any atom is -0.491 e. The van der Waals surface area contributed by atoms with E-state index in [0.717, 1.165) is 57.2 Å². The zero-order chi connectivity index (χ0) is 30.7. The Morgan fingerprint density at radius 3 is 1.63 bits per heavy atom. The molecule has 0 radical (unpaired) electrons. The van der Waals surface area contributed by atoms with E-state index in [2.05, 4.69) is 78.9 Å². The van der Waals surface area contributed by atoms with Crippen molar-refractivity contribution < 1.29 is 37.9 Å². The van der Waals surface area contributed by atoms with Crippen molar-refractivity contribution >= 4 is 0 Å². The number of benzene rings is 2. The first-order chi connectivity index (χ1) is 22.7. The summed E-state index contributed by atoms with van der Waals surface area (Å²) in [5.41, 5.74) is 3.88. The summed E-state index contributed by atoms with van der Waals surface area (Å²) in [6, 6.07) is 17.4. The Morgan fingerprint density at radius 1 is 0.587 bits per heavy atom. The summed E-state index contributed by atoms with van der Waals surface area (Å²) < 4.78 is 45.8. The summed E-state index contributed by atoms with van der Waals surface area (Å²) >= 11 is 0. The highest BCUT2D eigenvalue weighted by Gasteiger charge is 2.36. The van der Waals surface area contributed by atoms with Gasteiger partial charge in [-0.25, -0.2) is 0 Å². The summed E-state index contributed by atoms with van der Waals surface area (Å²) in [5, 5.41) is 0. The van der Waals surface area contributed by atoms with E-state index in [-0.39, 0.29) is 48.5 Å². The van der Waals surface area contributed by atoms with Gasteiger partial charge in [-0.2, -0.15) is 0 Å². The van der Waals surface area contributed by atoms with Gasteiger partial charge in [-0.1, -0.05) is 54.6 Å². The predicted molar refractivity (Wildman–Crippen MR) is 171 cm³/mol. The van der Waals surface area contributed by atoms with Crippen molar-refractivity contribution in [3.05, 3.63) is 95.6 Å². The maximum absolute atomic E-state index is 6.18. The van der Waals surface area contributed by atoms with Gasteiger partial charge in [0.1, 0.15) is 49.1 Å². The summed E-state index contributed by atoms with van der Waals surface area (Å²) in [6.07, 6.45) is 15.6. The van der Waals surface area contributed by atoms with Gasteiger partial charge >= 0.3 is 0 Å². The van der Waals surface area contributed by atoms with Crippen molar-refractivity contribution in [1.29, 1.82) is 0 Å². The zero-order valence-electron chi connectivity index (χ0n) is 26.2. The molecular formula is C38H44O8. The molecule has 9 atom stereocenters. The SMILES string of the molecule is C1=CC(OCC2CO2)CC=C1C(c1ccc(OCC2CO2)cc1)C(c1ccc(OCC2CO2)cc1)C1C=CC(OCC2CO2)CC1. The molecule has 4 saturated heterocycles. The number of hydrogen-bond acceptors (Lipinski definition) is 8. The molecule has 2 aromatic carbocycles. The summed E-state index contributed by atoms with van der Waals surface area (Å²) in [5.74, 6) is 2.40. The molecule has 0 amide bonds. The molecule has 4 aliphatic heterocycles. The molecule has 0 spiro atoms. The first kappa shape index (κ1) is 30.4. The lowest BCUT2D eigenvalue weighted by atomic mass is 9.67. The molecule has 46 heavy (non-hydrogen) atoms. The number of epoxide rings is 4. The van der Waals surface area contributed by atoms with Crippen LogP contribution in [0.2, 0.25) is 0 Å². The molecule has 4 heterocycles. The third kappa shape index (κ3) is 8.29. The highest BCUT2D eigenvalue weighted by molar-refractivity contribution is 5.45. The lowest BCUT2D eigenvalue weighted by molar-refractivity contribution is 0.0585. The van der Waals surface area contributed by atoms with Crippen LogP contribution in [-0.4, -0.2) is 89.5 Å². The molecule has 0 bridgehead atoms. The number of allylic oxidation sites excluding steroid dienone is 3. The van der Waals surface area contributed by atoms with E-state index in [4.69, 9.17) is 37.9 Å². The Bertz CT molecular complexity index is 1380.